The second-order valence-electron chi connectivity index (χ2n) is 9.47. The molecule has 1 aromatic heterocycles. The molecule has 3 aromatic rings. The van der Waals surface area contributed by atoms with Crippen molar-refractivity contribution in [3.8, 4) is 17.1 Å². The Bertz CT molecular complexity index is 1300. The van der Waals surface area contributed by atoms with E-state index in [2.05, 4.69) is 15.3 Å². The van der Waals surface area contributed by atoms with E-state index < -0.39 is 23.3 Å². The van der Waals surface area contributed by atoms with Crippen LogP contribution in [0.1, 0.15) is 55.0 Å². The molecule has 0 unspecified atom stereocenters. The van der Waals surface area contributed by atoms with Gasteiger partial charge in [0.1, 0.15) is 5.75 Å². The molecule has 2 aromatic carbocycles. The Morgan fingerprint density at radius 3 is 2.43 bits per heavy atom. The fourth-order valence-corrected chi connectivity index (χ4v) is 3.71. The number of carboxylic acid groups (broad SMARTS) is 1. The van der Waals surface area contributed by atoms with Crippen molar-refractivity contribution >= 4 is 11.9 Å². The highest BCUT2D eigenvalue weighted by molar-refractivity contribution is 5.79. The fourth-order valence-electron chi connectivity index (χ4n) is 3.71. The molecule has 37 heavy (non-hydrogen) atoms. The maximum absolute atomic E-state index is 12.9. The minimum atomic E-state index is -4.42. The highest BCUT2D eigenvalue weighted by Crippen LogP contribution is 2.41. The molecule has 1 aliphatic rings. The number of halogens is 3. The number of nitrogens with one attached hydrogen (secondary N) is 1. The van der Waals surface area contributed by atoms with E-state index in [4.69, 9.17) is 4.74 Å². The van der Waals surface area contributed by atoms with E-state index in [0.717, 1.165) is 36.2 Å². The lowest BCUT2D eigenvalue weighted by Crippen LogP contribution is -2.37. The molecule has 1 heterocycles. The molecule has 0 radical (unpaired) electrons. The molecule has 2 N–H and O–H groups in total. The van der Waals surface area contributed by atoms with Gasteiger partial charge in [0, 0.05) is 29.8 Å². The summed E-state index contributed by atoms with van der Waals surface area (Å²) in [6, 6.07) is 11.5. The molecule has 1 saturated carbocycles. The number of benzene rings is 2. The van der Waals surface area contributed by atoms with Gasteiger partial charge in [-0.2, -0.15) is 13.2 Å². The molecule has 194 valence electrons. The summed E-state index contributed by atoms with van der Waals surface area (Å²) in [6.45, 7) is 3.12. The molecule has 0 bridgehead atoms. The van der Waals surface area contributed by atoms with Gasteiger partial charge in [-0.3, -0.25) is 4.79 Å². The van der Waals surface area contributed by atoms with Gasteiger partial charge in [0.05, 0.1) is 17.7 Å². The van der Waals surface area contributed by atoms with Crippen LogP contribution in [0.25, 0.3) is 11.4 Å². The number of aromatic nitrogens is 2. The molecule has 4 rings (SSSR count). The Hall–Kier alpha value is -3.95. The third-order valence-electron chi connectivity index (χ3n) is 5.96. The summed E-state index contributed by atoms with van der Waals surface area (Å²) in [5, 5.41) is 12.1. The molecule has 10 heteroatoms. The van der Waals surface area contributed by atoms with E-state index in [-0.39, 0.29) is 24.8 Å². The van der Waals surface area contributed by atoms with Crippen LogP contribution in [0.4, 0.5) is 13.2 Å². The lowest BCUT2D eigenvalue weighted by Gasteiger charge is -2.21. The van der Waals surface area contributed by atoms with Gasteiger partial charge in [0.25, 0.3) is 0 Å². The normalized spacial score (nSPS) is 13.8. The van der Waals surface area contributed by atoms with E-state index in [9.17, 15) is 27.9 Å². The van der Waals surface area contributed by atoms with Crippen LogP contribution in [0, 0.1) is 0 Å². The summed E-state index contributed by atoms with van der Waals surface area (Å²) in [7, 11) is 0. The maximum atomic E-state index is 12.9. The predicted octanol–water partition coefficient (Wildman–Crippen LogP) is 5.14. The van der Waals surface area contributed by atoms with Crippen LogP contribution in [0.5, 0.6) is 5.75 Å². The Morgan fingerprint density at radius 1 is 1.11 bits per heavy atom. The van der Waals surface area contributed by atoms with E-state index >= 15 is 0 Å². The summed E-state index contributed by atoms with van der Waals surface area (Å²) in [4.78, 5) is 32.9. The SMILES string of the molecule is CC(C)(Oc1cccc(CNC(=O)Cc2cnc(-c3ccc(C(F)(F)F)cc3)nc2C2CC2)c1)C(=O)O. The number of aliphatic carboxylic acids is 1. The summed E-state index contributed by atoms with van der Waals surface area (Å²) in [6.07, 6.45) is -0.939. The second kappa shape index (κ2) is 10.2. The van der Waals surface area contributed by atoms with E-state index in [1.165, 1.54) is 26.0 Å². The summed E-state index contributed by atoms with van der Waals surface area (Å²) in [5.74, 6) is -0.442. The quantitative estimate of drug-likeness (QED) is 0.411. The van der Waals surface area contributed by atoms with Gasteiger partial charge in [0.15, 0.2) is 11.4 Å². The van der Waals surface area contributed by atoms with E-state index in [0.29, 0.717) is 22.7 Å². The van der Waals surface area contributed by atoms with Crippen LogP contribution < -0.4 is 10.1 Å². The third-order valence-corrected chi connectivity index (χ3v) is 5.96. The lowest BCUT2D eigenvalue weighted by molar-refractivity contribution is -0.152. The average molecular weight is 514 g/mol. The molecular weight excluding hydrogens is 487 g/mol. The Labute approximate surface area is 211 Å². The minimum absolute atomic E-state index is 0.0569. The Kier molecular flexibility index (Phi) is 7.20. The van der Waals surface area contributed by atoms with Crippen molar-refractivity contribution in [2.75, 3.05) is 0 Å². The van der Waals surface area contributed by atoms with Crippen LogP contribution in [0.3, 0.4) is 0 Å². The second-order valence-corrected chi connectivity index (χ2v) is 9.47. The number of ether oxygens (including phenoxy) is 1. The number of hydrogen-bond donors (Lipinski definition) is 2. The number of carbonyl (C=O) groups excluding carboxylic acids is 1. The zero-order valence-corrected chi connectivity index (χ0v) is 20.3. The highest BCUT2D eigenvalue weighted by atomic mass is 19.4. The van der Waals surface area contributed by atoms with Crippen LogP contribution >= 0.6 is 0 Å². The number of rotatable bonds is 9. The van der Waals surface area contributed by atoms with Crippen molar-refractivity contribution in [2.24, 2.45) is 0 Å². The van der Waals surface area contributed by atoms with Crippen LogP contribution in [-0.2, 0) is 28.7 Å². The fraction of sp³-hybridized carbons (Fsp3) is 0.333. The molecule has 7 nitrogen and oxygen atoms in total. The van der Waals surface area contributed by atoms with Crippen molar-refractivity contribution in [1.29, 1.82) is 0 Å². The van der Waals surface area contributed by atoms with Crippen LogP contribution in [0.2, 0.25) is 0 Å². The number of amides is 1. The van der Waals surface area contributed by atoms with Crippen molar-refractivity contribution in [2.45, 2.75) is 57.3 Å². The van der Waals surface area contributed by atoms with Crippen LogP contribution in [-0.4, -0.2) is 32.6 Å². The van der Waals surface area contributed by atoms with Crippen molar-refractivity contribution < 1.29 is 32.6 Å². The monoisotopic (exact) mass is 513 g/mol. The van der Waals surface area contributed by atoms with Crippen molar-refractivity contribution in [3.63, 3.8) is 0 Å². The topological polar surface area (TPSA) is 101 Å². The van der Waals surface area contributed by atoms with Gasteiger partial charge >= 0.3 is 12.1 Å². The molecule has 0 atom stereocenters. The number of nitrogens with zero attached hydrogens (tertiary/aromatic N) is 2. The summed E-state index contributed by atoms with van der Waals surface area (Å²) in [5.41, 5.74) is 0.493. The van der Waals surface area contributed by atoms with Gasteiger partial charge in [-0.1, -0.05) is 24.3 Å². The molecule has 0 saturated heterocycles. The minimum Gasteiger partial charge on any atom is -0.478 e. The highest BCUT2D eigenvalue weighted by Gasteiger charge is 2.31. The zero-order chi connectivity index (χ0) is 26.8. The average Bonchev–Trinajstić information content (AvgIpc) is 3.68. The lowest BCUT2D eigenvalue weighted by atomic mass is 10.1. The van der Waals surface area contributed by atoms with Crippen molar-refractivity contribution in [3.05, 3.63) is 77.1 Å². The number of hydrogen-bond acceptors (Lipinski definition) is 5. The smallest absolute Gasteiger partial charge is 0.416 e. The van der Waals surface area contributed by atoms with Gasteiger partial charge in [-0.05, 0) is 56.5 Å². The first-order valence-electron chi connectivity index (χ1n) is 11.7. The van der Waals surface area contributed by atoms with Crippen molar-refractivity contribution in [1.82, 2.24) is 15.3 Å². The Balaban J connectivity index is 1.42. The number of carboxylic acids is 1. The zero-order valence-electron chi connectivity index (χ0n) is 20.3. The van der Waals surface area contributed by atoms with E-state index in [1.807, 2.05) is 0 Å². The van der Waals surface area contributed by atoms with Gasteiger partial charge in [0.2, 0.25) is 5.91 Å². The van der Waals surface area contributed by atoms with E-state index in [1.54, 1.807) is 30.5 Å². The molecule has 1 aliphatic carbocycles. The van der Waals surface area contributed by atoms with Gasteiger partial charge in [-0.15, -0.1) is 0 Å². The third kappa shape index (κ3) is 6.63. The molecule has 1 fully saturated rings. The van der Waals surface area contributed by atoms with Gasteiger partial charge < -0.3 is 15.2 Å². The standard InChI is InChI=1S/C27H26F3N3O4/c1-26(2,25(35)36)37-21-5-3-4-16(12-21)14-31-22(34)13-19-15-32-24(33-23(19)17-6-7-17)18-8-10-20(11-9-18)27(28,29)30/h3-5,8-12,15,17H,6-7,13-14H2,1-2H3,(H,31,34)(H,35,36). The molecular formula is C27H26F3N3O4. The molecule has 0 spiro atoms. The number of carbonyl (C=O) groups is 2. The largest absolute Gasteiger partial charge is 0.478 e. The first-order valence-corrected chi connectivity index (χ1v) is 11.7. The first-order chi connectivity index (χ1) is 17.4. The van der Waals surface area contributed by atoms with Gasteiger partial charge in [-0.25, -0.2) is 14.8 Å². The number of alkyl halides is 3. The summed E-state index contributed by atoms with van der Waals surface area (Å²) < 4.78 is 44.1. The Morgan fingerprint density at radius 2 is 1.81 bits per heavy atom. The molecule has 1 amide bonds. The summed E-state index contributed by atoms with van der Waals surface area (Å²) >= 11 is 0. The maximum Gasteiger partial charge on any atom is 0.416 e. The predicted molar refractivity (Wildman–Crippen MR) is 129 cm³/mol. The molecule has 0 aliphatic heterocycles. The first kappa shape index (κ1) is 26.1. The van der Waals surface area contributed by atoms with Crippen LogP contribution in [0.15, 0.2) is 54.7 Å².